The summed E-state index contributed by atoms with van der Waals surface area (Å²) in [6.45, 7) is 0. The van der Waals surface area contributed by atoms with Crippen molar-refractivity contribution < 1.29 is 8.83 Å². The van der Waals surface area contributed by atoms with E-state index in [2.05, 4.69) is 75.9 Å². The molecule has 0 N–H and O–H groups in total. The van der Waals surface area contributed by atoms with Crippen LogP contribution in [0.2, 0.25) is 0 Å². The Morgan fingerprint density at radius 2 is 0.914 bits per heavy atom. The Morgan fingerprint density at radius 3 is 1.50 bits per heavy atom. The molecule has 0 unspecified atom stereocenters. The van der Waals surface area contributed by atoms with E-state index in [9.17, 15) is 15.8 Å². The van der Waals surface area contributed by atoms with E-state index in [4.69, 9.17) is 8.83 Å². The molecule has 0 radical (unpaired) electrons. The van der Waals surface area contributed by atoms with E-state index >= 15 is 0 Å². The summed E-state index contributed by atoms with van der Waals surface area (Å²) in [6, 6.07) is 57.3. The Bertz CT molecular complexity index is 3910. The highest BCUT2D eigenvalue weighted by Crippen LogP contribution is 2.45. The lowest BCUT2D eigenvalue weighted by molar-refractivity contribution is 0.669. The third-order valence-corrected chi connectivity index (χ3v) is 11.6. The minimum atomic E-state index is 0.244. The van der Waals surface area contributed by atoms with Crippen LogP contribution in [0.15, 0.2) is 160 Å². The van der Waals surface area contributed by atoms with Crippen LogP contribution >= 0.6 is 0 Å². The third kappa shape index (κ3) is 4.23. The lowest BCUT2D eigenvalue weighted by atomic mass is 9.94. The molecule has 58 heavy (non-hydrogen) atoms. The molecule has 7 nitrogen and oxygen atoms in total. The van der Waals surface area contributed by atoms with Gasteiger partial charge in [-0.05, 0) is 54.6 Å². The number of aromatic nitrogens is 2. The number of nitriles is 3. The van der Waals surface area contributed by atoms with E-state index in [1.165, 1.54) is 0 Å². The fraction of sp³-hybridized carbons (Fsp3) is 0. The fourth-order valence-electron chi connectivity index (χ4n) is 9.14. The van der Waals surface area contributed by atoms with Crippen LogP contribution in [0.5, 0.6) is 0 Å². The average molecular weight is 740 g/mol. The molecule has 8 aromatic carbocycles. The van der Waals surface area contributed by atoms with Crippen molar-refractivity contribution >= 4 is 87.5 Å². The SMILES string of the molecule is N#Cc1ccc(-c2ccc(C#N)c(C#N)c2-n2c3ccccc3c3cc4c(cc32)oc2ccccc24)c(-n2c3ccccc3c3cc4c(cc32)oc2ccccc24)c1. The molecule has 0 amide bonds. The van der Waals surface area contributed by atoms with Crippen LogP contribution < -0.4 is 0 Å². The Hall–Kier alpha value is -8.57. The highest BCUT2D eigenvalue weighted by molar-refractivity contribution is 6.19. The topological polar surface area (TPSA) is 108 Å². The summed E-state index contributed by atoms with van der Waals surface area (Å²) < 4.78 is 17.1. The Balaban J connectivity index is 1.22. The molecule has 12 aromatic rings. The first-order valence-electron chi connectivity index (χ1n) is 18.8. The van der Waals surface area contributed by atoms with Gasteiger partial charge in [-0.3, -0.25) is 0 Å². The van der Waals surface area contributed by atoms with E-state index in [1.807, 2.05) is 97.1 Å². The van der Waals surface area contributed by atoms with E-state index in [0.29, 0.717) is 11.3 Å². The van der Waals surface area contributed by atoms with Crippen LogP contribution in [-0.2, 0) is 0 Å². The number of rotatable bonds is 3. The van der Waals surface area contributed by atoms with Gasteiger partial charge in [0, 0.05) is 66.3 Å². The first-order valence-corrected chi connectivity index (χ1v) is 18.8. The lowest BCUT2D eigenvalue weighted by Gasteiger charge is -2.20. The second-order valence-electron chi connectivity index (χ2n) is 14.6. The van der Waals surface area contributed by atoms with Crippen molar-refractivity contribution in [1.29, 1.82) is 15.8 Å². The Morgan fingerprint density at radius 1 is 0.379 bits per heavy atom. The highest BCUT2D eigenvalue weighted by atomic mass is 16.3. The zero-order valence-corrected chi connectivity index (χ0v) is 30.5. The first kappa shape index (κ1) is 31.7. The van der Waals surface area contributed by atoms with Gasteiger partial charge in [-0.15, -0.1) is 0 Å². The third-order valence-electron chi connectivity index (χ3n) is 11.6. The van der Waals surface area contributed by atoms with Crippen LogP contribution in [-0.4, -0.2) is 9.13 Å². The molecular formula is C51H25N5O2. The van der Waals surface area contributed by atoms with E-state index < -0.39 is 0 Å². The second-order valence-corrected chi connectivity index (χ2v) is 14.6. The van der Waals surface area contributed by atoms with Crippen molar-refractivity contribution in [1.82, 2.24) is 9.13 Å². The minimum Gasteiger partial charge on any atom is -0.456 e. The predicted octanol–water partition coefficient (Wildman–Crippen LogP) is 13.0. The van der Waals surface area contributed by atoms with Crippen molar-refractivity contribution in [3.63, 3.8) is 0 Å². The van der Waals surface area contributed by atoms with Gasteiger partial charge in [-0.25, -0.2) is 0 Å². The van der Waals surface area contributed by atoms with Crippen LogP contribution in [0.3, 0.4) is 0 Å². The maximum Gasteiger partial charge on any atom is 0.137 e. The molecule has 0 atom stereocenters. The van der Waals surface area contributed by atoms with E-state index in [0.717, 1.165) is 104 Å². The molecule has 0 aliphatic heterocycles. The average Bonchev–Trinajstić information content (AvgIpc) is 4.01. The van der Waals surface area contributed by atoms with Crippen LogP contribution in [0.1, 0.15) is 16.7 Å². The smallest absolute Gasteiger partial charge is 0.137 e. The molecule has 12 rings (SSSR count). The van der Waals surface area contributed by atoms with E-state index in [1.54, 1.807) is 6.07 Å². The summed E-state index contributed by atoms with van der Waals surface area (Å²) in [4.78, 5) is 0. The molecule has 4 heterocycles. The predicted molar refractivity (Wildman–Crippen MR) is 229 cm³/mol. The Labute approximate surface area is 329 Å². The van der Waals surface area contributed by atoms with Crippen LogP contribution in [0.4, 0.5) is 0 Å². The summed E-state index contributed by atoms with van der Waals surface area (Å²) in [5.41, 5.74) is 10.4. The number of hydrogen-bond acceptors (Lipinski definition) is 5. The number of furan rings is 2. The van der Waals surface area contributed by atoms with Crippen LogP contribution in [0.25, 0.3) is 110 Å². The molecule has 0 aliphatic carbocycles. The normalized spacial score (nSPS) is 11.7. The molecule has 7 heteroatoms. The van der Waals surface area contributed by atoms with Gasteiger partial charge >= 0.3 is 0 Å². The van der Waals surface area contributed by atoms with Gasteiger partial charge < -0.3 is 18.0 Å². The monoisotopic (exact) mass is 739 g/mol. The van der Waals surface area contributed by atoms with Gasteiger partial charge in [0.1, 0.15) is 34.5 Å². The molecular weight excluding hydrogens is 715 g/mol. The summed E-state index contributed by atoms with van der Waals surface area (Å²) >= 11 is 0. The van der Waals surface area contributed by atoms with Crippen LogP contribution in [0, 0.1) is 34.0 Å². The maximum absolute atomic E-state index is 11.0. The van der Waals surface area contributed by atoms with Gasteiger partial charge in [0.15, 0.2) is 0 Å². The molecule has 0 spiro atoms. The quantitative estimate of drug-likeness (QED) is 0.179. The molecule has 0 aliphatic rings. The first-order chi connectivity index (χ1) is 28.6. The summed E-state index contributed by atoms with van der Waals surface area (Å²) in [6.07, 6.45) is 0. The van der Waals surface area contributed by atoms with Gasteiger partial charge in [-0.1, -0.05) is 84.9 Å². The number of para-hydroxylation sites is 4. The number of benzene rings is 8. The molecule has 266 valence electrons. The summed E-state index contributed by atoms with van der Waals surface area (Å²) in [5.74, 6) is 0. The van der Waals surface area contributed by atoms with Gasteiger partial charge in [0.25, 0.3) is 0 Å². The zero-order valence-electron chi connectivity index (χ0n) is 30.5. The zero-order chi connectivity index (χ0) is 38.6. The molecule has 0 saturated heterocycles. The van der Waals surface area contributed by atoms with Gasteiger partial charge in [0.2, 0.25) is 0 Å². The van der Waals surface area contributed by atoms with Crippen molar-refractivity contribution in [2.75, 3.05) is 0 Å². The Kier molecular flexibility index (Phi) is 6.41. The standard InChI is InChI=1S/C51H25N5O2/c52-26-29-17-19-33(44(21-29)55-42-13-5-1-9-31(42)37-22-39-34-11-3-7-15-47(34)57-49(39)24-45(37)55)36-20-18-30(27-53)41(28-54)51(36)56-43-14-6-2-10-32(43)38-23-40-35-12-4-8-16-48(35)58-50(40)25-46(38)56/h1-25H. The molecule has 4 aromatic heterocycles. The fourth-order valence-corrected chi connectivity index (χ4v) is 9.14. The van der Waals surface area contributed by atoms with Crippen molar-refractivity contribution in [2.24, 2.45) is 0 Å². The van der Waals surface area contributed by atoms with Crippen molar-refractivity contribution in [2.45, 2.75) is 0 Å². The lowest BCUT2D eigenvalue weighted by Crippen LogP contribution is -2.05. The van der Waals surface area contributed by atoms with Crippen molar-refractivity contribution in [3.8, 4) is 40.7 Å². The van der Waals surface area contributed by atoms with E-state index in [-0.39, 0.29) is 11.1 Å². The maximum atomic E-state index is 11.0. The number of nitrogens with zero attached hydrogens (tertiary/aromatic N) is 5. The van der Waals surface area contributed by atoms with Crippen molar-refractivity contribution in [3.05, 3.63) is 168 Å². The number of fused-ring (bicyclic) bond motifs is 12. The second kappa shape index (κ2) is 11.7. The highest BCUT2D eigenvalue weighted by Gasteiger charge is 2.26. The molecule has 0 saturated carbocycles. The summed E-state index contributed by atoms with van der Waals surface area (Å²) in [7, 11) is 0. The number of hydrogen-bond donors (Lipinski definition) is 0. The molecule has 0 bridgehead atoms. The van der Waals surface area contributed by atoms with Gasteiger partial charge in [-0.2, -0.15) is 15.8 Å². The largest absolute Gasteiger partial charge is 0.456 e. The molecule has 0 fully saturated rings. The minimum absolute atomic E-state index is 0.244. The summed E-state index contributed by atoms with van der Waals surface area (Å²) in [5, 5.41) is 40.0. The van der Waals surface area contributed by atoms with Gasteiger partial charge in [0.05, 0.1) is 56.2 Å².